The molecule has 0 saturated heterocycles. The summed E-state index contributed by atoms with van der Waals surface area (Å²) < 4.78 is 6.73. The van der Waals surface area contributed by atoms with Gasteiger partial charge in [0.25, 0.3) is 0 Å². The summed E-state index contributed by atoms with van der Waals surface area (Å²) in [5.74, 6) is 0.695. The van der Waals surface area contributed by atoms with E-state index >= 15 is 0 Å². The second-order valence-corrected chi connectivity index (χ2v) is 5.52. The Morgan fingerprint density at radius 1 is 0.857 bits per heavy atom. The number of benzene rings is 3. The third kappa shape index (κ3) is 2.98. The molecule has 0 saturated carbocycles. The van der Waals surface area contributed by atoms with Gasteiger partial charge in [-0.25, -0.2) is 0 Å². The molecule has 3 heteroatoms. The summed E-state index contributed by atoms with van der Waals surface area (Å²) in [6.45, 7) is 0.0373. The van der Waals surface area contributed by atoms with Gasteiger partial charge in [-0.1, -0.05) is 70.5 Å². The Balaban J connectivity index is 1.83. The molecule has 0 unspecified atom stereocenters. The molecule has 3 aromatic carbocycles. The van der Waals surface area contributed by atoms with E-state index in [1.807, 2.05) is 54.6 Å². The van der Waals surface area contributed by atoms with E-state index in [9.17, 15) is 4.79 Å². The highest BCUT2D eigenvalue weighted by Crippen LogP contribution is 2.31. The zero-order valence-corrected chi connectivity index (χ0v) is 12.8. The van der Waals surface area contributed by atoms with Crippen molar-refractivity contribution < 1.29 is 9.53 Å². The molecule has 0 amide bonds. The molecule has 3 aromatic rings. The third-order valence-corrected chi connectivity index (χ3v) is 3.98. The summed E-state index contributed by atoms with van der Waals surface area (Å²) in [7, 11) is 0. The monoisotopic (exact) mass is 340 g/mol. The Labute approximate surface area is 131 Å². The van der Waals surface area contributed by atoms with Crippen molar-refractivity contribution in [2.24, 2.45) is 0 Å². The largest absolute Gasteiger partial charge is 0.485 e. The van der Waals surface area contributed by atoms with Gasteiger partial charge in [0.05, 0.1) is 0 Å². The van der Waals surface area contributed by atoms with Crippen molar-refractivity contribution in [2.75, 3.05) is 6.61 Å². The average Bonchev–Trinajstić information content (AvgIpc) is 2.55. The molecule has 104 valence electrons. The van der Waals surface area contributed by atoms with Crippen molar-refractivity contribution in [1.82, 2.24) is 0 Å². The Morgan fingerprint density at radius 2 is 1.52 bits per heavy atom. The van der Waals surface area contributed by atoms with Crippen LogP contribution in [0.1, 0.15) is 10.4 Å². The number of rotatable bonds is 4. The lowest BCUT2D eigenvalue weighted by Crippen LogP contribution is -2.11. The third-order valence-electron chi connectivity index (χ3n) is 3.29. The number of halogens is 1. The molecule has 3 rings (SSSR count). The number of fused-ring (bicyclic) bond motifs is 1. The van der Waals surface area contributed by atoms with E-state index in [0.717, 1.165) is 21.0 Å². The van der Waals surface area contributed by atoms with Crippen molar-refractivity contribution in [3.63, 3.8) is 0 Å². The predicted molar refractivity (Wildman–Crippen MR) is 87.9 cm³/mol. The lowest BCUT2D eigenvalue weighted by Gasteiger charge is -2.10. The van der Waals surface area contributed by atoms with E-state index in [4.69, 9.17) is 4.74 Å². The van der Waals surface area contributed by atoms with Crippen molar-refractivity contribution in [1.29, 1.82) is 0 Å². The van der Waals surface area contributed by atoms with E-state index in [2.05, 4.69) is 15.9 Å². The molecule has 0 aliphatic rings. The first-order chi connectivity index (χ1) is 10.3. The molecule has 0 aromatic heterocycles. The SMILES string of the molecule is O=C(COc1ccc(Br)c2ccccc12)c1ccccc1. The predicted octanol–water partition coefficient (Wildman–Crippen LogP) is 4.86. The van der Waals surface area contributed by atoms with Gasteiger partial charge in [0.1, 0.15) is 5.75 Å². The highest BCUT2D eigenvalue weighted by molar-refractivity contribution is 9.10. The van der Waals surface area contributed by atoms with Gasteiger partial charge in [-0.15, -0.1) is 0 Å². The topological polar surface area (TPSA) is 26.3 Å². The molecule has 21 heavy (non-hydrogen) atoms. The van der Waals surface area contributed by atoms with Crippen LogP contribution in [0.5, 0.6) is 5.75 Å². The summed E-state index contributed by atoms with van der Waals surface area (Å²) in [5.41, 5.74) is 0.666. The minimum absolute atomic E-state index is 0.0254. The summed E-state index contributed by atoms with van der Waals surface area (Å²) in [6, 6.07) is 20.9. The fourth-order valence-electron chi connectivity index (χ4n) is 2.21. The average molecular weight is 341 g/mol. The summed E-state index contributed by atoms with van der Waals surface area (Å²) in [6.07, 6.45) is 0. The van der Waals surface area contributed by atoms with E-state index in [-0.39, 0.29) is 12.4 Å². The van der Waals surface area contributed by atoms with E-state index in [1.54, 1.807) is 12.1 Å². The first kappa shape index (κ1) is 13.8. The second-order valence-electron chi connectivity index (χ2n) is 4.67. The standard InChI is InChI=1S/C18H13BrO2/c19-16-10-11-18(15-9-5-4-8-14(15)16)21-12-17(20)13-6-2-1-3-7-13/h1-11H,12H2. The van der Waals surface area contributed by atoms with Crippen LogP contribution in [-0.2, 0) is 0 Å². The highest BCUT2D eigenvalue weighted by atomic mass is 79.9. The van der Waals surface area contributed by atoms with Crippen LogP contribution in [0.15, 0.2) is 71.2 Å². The zero-order chi connectivity index (χ0) is 14.7. The second kappa shape index (κ2) is 6.10. The number of Topliss-reactive ketones (excluding diaryl/α,β-unsaturated/α-hetero) is 1. The molecule has 0 fully saturated rings. The van der Waals surface area contributed by atoms with Crippen LogP contribution in [-0.4, -0.2) is 12.4 Å². The van der Waals surface area contributed by atoms with Crippen LogP contribution in [0.25, 0.3) is 10.8 Å². The normalized spacial score (nSPS) is 10.5. The van der Waals surface area contributed by atoms with Gasteiger partial charge in [-0.2, -0.15) is 0 Å². The molecule has 0 aliphatic heterocycles. The van der Waals surface area contributed by atoms with Gasteiger partial charge in [0.2, 0.25) is 0 Å². The van der Waals surface area contributed by atoms with Crippen LogP contribution >= 0.6 is 15.9 Å². The molecule has 0 spiro atoms. The molecule has 0 N–H and O–H groups in total. The maximum Gasteiger partial charge on any atom is 0.200 e. The van der Waals surface area contributed by atoms with Gasteiger partial charge in [-0.3, -0.25) is 4.79 Å². The van der Waals surface area contributed by atoms with Crippen molar-refractivity contribution in [2.45, 2.75) is 0 Å². The van der Waals surface area contributed by atoms with Crippen molar-refractivity contribution in [3.05, 3.63) is 76.8 Å². The lowest BCUT2D eigenvalue weighted by molar-refractivity contribution is 0.0922. The zero-order valence-electron chi connectivity index (χ0n) is 11.3. The minimum atomic E-state index is -0.0254. The van der Waals surface area contributed by atoms with Crippen LogP contribution in [0, 0.1) is 0 Å². The van der Waals surface area contributed by atoms with Gasteiger partial charge in [-0.05, 0) is 17.5 Å². The molecule has 0 atom stereocenters. The molecular weight excluding hydrogens is 328 g/mol. The molecule has 0 radical (unpaired) electrons. The maximum absolute atomic E-state index is 12.1. The summed E-state index contributed by atoms with van der Waals surface area (Å²) in [5, 5.41) is 2.06. The number of ether oxygens (including phenoxy) is 1. The summed E-state index contributed by atoms with van der Waals surface area (Å²) >= 11 is 3.53. The fourth-order valence-corrected chi connectivity index (χ4v) is 2.69. The van der Waals surface area contributed by atoms with Crippen LogP contribution < -0.4 is 4.74 Å². The number of hydrogen-bond donors (Lipinski definition) is 0. The number of carbonyl (C=O) groups is 1. The van der Waals surface area contributed by atoms with Crippen LogP contribution in [0.3, 0.4) is 0 Å². The Kier molecular flexibility index (Phi) is 4.02. The Bertz CT molecular complexity index is 782. The highest BCUT2D eigenvalue weighted by Gasteiger charge is 2.09. The maximum atomic E-state index is 12.1. The lowest BCUT2D eigenvalue weighted by atomic mass is 10.1. The summed E-state index contributed by atoms with van der Waals surface area (Å²) in [4.78, 5) is 12.1. The van der Waals surface area contributed by atoms with E-state index < -0.39 is 0 Å². The first-order valence-electron chi connectivity index (χ1n) is 6.64. The molecule has 0 bridgehead atoms. The molecule has 0 aliphatic carbocycles. The minimum Gasteiger partial charge on any atom is -0.485 e. The number of hydrogen-bond acceptors (Lipinski definition) is 2. The number of ketones is 1. The molecular formula is C18H13BrO2. The van der Waals surface area contributed by atoms with Crippen molar-refractivity contribution >= 4 is 32.5 Å². The fraction of sp³-hybridized carbons (Fsp3) is 0.0556. The number of carbonyl (C=O) groups excluding carboxylic acids is 1. The van der Waals surface area contributed by atoms with E-state index in [1.165, 1.54) is 0 Å². The van der Waals surface area contributed by atoms with Gasteiger partial charge >= 0.3 is 0 Å². The first-order valence-corrected chi connectivity index (χ1v) is 7.43. The van der Waals surface area contributed by atoms with Gasteiger partial charge < -0.3 is 4.74 Å². The van der Waals surface area contributed by atoms with E-state index in [0.29, 0.717) is 5.56 Å². The van der Waals surface area contributed by atoms with Crippen molar-refractivity contribution in [3.8, 4) is 5.75 Å². The van der Waals surface area contributed by atoms with Gasteiger partial charge in [0.15, 0.2) is 12.4 Å². The Hall–Kier alpha value is -2.13. The Morgan fingerprint density at radius 3 is 2.29 bits per heavy atom. The smallest absolute Gasteiger partial charge is 0.200 e. The quantitative estimate of drug-likeness (QED) is 0.633. The van der Waals surface area contributed by atoms with Crippen LogP contribution in [0.2, 0.25) is 0 Å². The molecule has 0 heterocycles. The van der Waals surface area contributed by atoms with Gasteiger partial charge in [0, 0.05) is 15.4 Å². The molecule has 2 nitrogen and oxygen atoms in total. The van der Waals surface area contributed by atoms with Crippen LogP contribution in [0.4, 0.5) is 0 Å².